The van der Waals surface area contributed by atoms with Crippen LogP contribution in [-0.4, -0.2) is 27.7 Å². The molecule has 0 unspecified atom stereocenters. The largest absolute Gasteiger partial charge is 1.00 e. The van der Waals surface area contributed by atoms with Gasteiger partial charge in [-0.15, -0.1) is 0 Å². The van der Waals surface area contributed by atoms with E-state index in [9.17, 15) is 9.59 Å². The summed E-state index contributed by atoms with van der Waals surface area (Å²) in [4.78, 5) is 26.9. The maximum Gasteiger partial charge on any atom is 0.325 e. The van der Waals surface area contributed by atoms with Crippen LogP contribution in [0.3, 0.4) is 0 Å². The predicted molar refractivity (Wildman–Crippen MR) is 52.5 cm³/mol. The lowest BCUT2D eigenvalue weighted by atomic mass is 10.1. The number of aromatic nitrogens is 2. The average molecular weight is 248 g/mol. The number of aliphatic hydroxyl groups excluding tert-OH is 1. The lowest BCUT2D eigenvalue weighted by molar-refractivity contribution is -0.709. The molecule has 6 nitrogen and oxygen atoms in total. The van der Waals surface area contributed by atoms with Crippen molar-refractivity contribution in [2.75, 3.05) is 6.61 Å². The van der Waals surface area contributed by atoms with Crippen molar-refractivity contribution in [3.05, 3.63) is 32.6 Å². The van der Waals surface area contributed by atoms with E-state index in [1.807, 2.05) is 5.32 Å². The highest BCUT2D eigenvalue weighted by Gasteiger charge is 2.30. The van der Waals surface area contributed by atoms with Gasteiger partial charge in [-0.1, -0.05) is 0 Å². The Hall–Kier alpha value is -1.11. The molecule has 0 amide bonds. The van der Waals surface area contributed by atoms with Gasteiger partial charge in [0, 0.05) is 19.0 Å². The van der Waals surface area contributed by atoms with Gasteiger partial charge in [0.2, 0.25) is 0 Å². The Morgan fingerprint density at radius 2 is 2.19 bits per heavy atom. The number of quaternary nitrogens is 1. The predicted octanol–water partition coefficient (Wildman–Crippen LogP) is -5.17. The SMILES string of the molecule is O=c1[nH]cc([C@H]2CC[C@@H](CO)[NH2+]2)c(=O)[nH]1.[Cl-]. The Morgan fingerprint density at radius 3 is 2.75 bits per heavy atom. The van der Waals surface area contributed by atoms with Crippen LogP contribution in [0.25, 0.3) is 0 Å². The summed E-state index contributed by atoms with van der Waals surface area (Å²) in [6.45, 7) is 0.123. The fourth-order valence-corrected chi connectivity index (χ4v) is 2.02. The molecule has 16 heavy (non-hydrogen) atoms. The summed E-state index contributed by atoms with van der Waals surface area (Å²) in [6, 6.07) is 0.212. The van der Waals surface area contributed by atoms with Crippen LogP contribution >= 0.6 is 0 Å². The zero-order chi connectivity index (χ0) is 10.8. The van der Waals surface area contributed by atoms with Crippen LogP contribution in [0.5, 0.6) is 0 Å². The number of hydrogen-bond donors (Lipinski definition) is 4. The number of aliphatic hydroxyl groups is 1. The zero-order valence-corrected chi connectivity index (χ0v) is 9.33. The average Bonchev–Trinajstić information content (AvgIpc) is 2.66. The van der Waals surface area contributed by atoms with E-state index in [4.69, 9.17) is 5.11 Å². The molecule has 90 valence electrons. The lowest BCUT2D eigenvalue weighted by Crippen LogP contribution is -3.00. The number of nitrogens with two attached hydrogens (primary N) is 1. The Bertz CT molecular complexity index is 456. The van der Waals surface area contributed by atoms with Gasteiger partial charge in [0.05, 0.1) is 12.2 Å². The Balaban J connectivity index is 0.00000128. The van der Waals surface area contributed by atoms with E-state index in [1.165, 1.54) is 6.20 Å². The first-order valence-corrected chi connectivity index (χ1v) is 4.98. The maximum absolute atomic E-state index is 11.5. The number of hydrogen-bond acceptors (Lipinski definition) is 3. The lowest BCUT2D eigenvalue weighted by Gasteiger charge is -2.07. The van der Waals surface area contributed by atoms with Gasteiger partial charge in [-0.05, 0) is 0 Å². The molecular weight excluding hydrogens is 234 g/mol. The third-order valence-corrected chi connectivity index (χ3v) is 2.83. The number of aromatic amines is 2. The second-order valence-electron chi connectivity index (χ2n) is 3.85. The summed E-state index contributed by atoms with van der Waals surface area (Å²) >= 11 is 0. The van der Waals surface area contributed by atoms with Gasteiger partial charge in [-0.2, -0.15) is 0 Å². The van der Waals surface area contributed by atoms with E-state index in [-0.39, 0.29) is 36.7 Å². The first kappa shape index (κ1) is 13.0. The minimum atomic E-state index is -0.486. The van der Waals surface area contributed by atoms with Crippen molar-refractivity contribution < 1.29 is 22.8 Å². The minimum Gasteiger partial charge on any atom is -1.00 e. The third kappa shape index (κ3) is 2.52. The molecule has 2 rings (SSSR count). The quantitative estimate of drug-likeness (QED) is 0.420. The highest BCUT2D eigenvalue weighted by molar-refractivity contribution is 5.07. The van der Waals surface area contributed by atoms with Crippen LogP contribution < -0.4 is 29.0 Å². The molecule has 0 bridgehead atoms. The molecule has 5 N–H and O–H groups in total. The summed E-state index contributed by atoms with van der Waals surface area (Å²) < 4.78 is 0. The van der Waals surface area contributed by atoms with Crippen LogP contribution in [0, 0.1) is 0 Å². The summed E-state index contributed by atoms with van der Waals surface area (Å²) in [5, 5.41) is 10.9. The van der Waals surface area contributed by atoms with Crippen molar-refractivity contribution in [2.45, 2.75) is 24.9 Å². The number of H-pyrrole nitrogens is 2. The van der Waals surface area contributed by atoms with Crippen molar-refractivity contribution in [3.63, 3.8) is 0 Å². The van der Waals surface area contributed by atoms with Crippen molar-refractivity contribution in [1.29, 1.82) is 0 Å². The van der Waals surface area contributed by atoms with Crippen LogP contribution in [0.4, 0.5) is 0 Å². The molecule has 2 atom stereocenters. The molecule has 1 aromatic heterocycles. The zero-order valence-electron chi connectivity index (χ0n) is 8.57. The highest BCUT2D eigenvalue weighted by Crippen LogP contribution is 2.15. The first-order valence-electron chi connectivity index (χ1n) is 4.98. The first-order chi connectivity index (χ1) is 7.20. The molecular formula is C9H14ClN3O3. The van der Waals surface area contributed by atoms with Crippen LogP contribution in [0.15, 0.2) is 15.8 Å². The molecule has 1 aliphatic rings. The van der Waals surface area contributed by atoms with E-state index >= 15 is 0 Å². The normalized spacial score (nSPS) is 24.1. The Labute approximate surface area is 97.5 Å². The van der Waals surface area contributed by atoms with Gasteiger partial charge in [-0.3, -0.25) is 9.78 Å². The molecule has 0 aromatic carbocycles. The highest BCUT2D eigenvalue weighted by atomic mass is 35.5. The van der Waals surface area contributed by atoms with Crippen molar-refractivity contribution >= 4 is 0 Å². The summed E-state index contributed by atoms with van der Waals surface area (Å²) in [5.41, 5.74) is -0.246. The van der Waals surface area contributed by atoms with Crippen molar-refractivity contribution in [2.24, 2.45) is 0 Å². The number of nitrogens with one attached hydrogen (secondary N) is 2. The van der Waals surface area contributed by atoms with Crippen LogP contribution in [0.2, 0.25) is 0 Å². The van der Waals surface area contributed by atoms with Gasteiger partial charge in [0.1, 0.15) is 12.1 Å². The molecule has 2 heterocycles. The minimum absolute atomic E-state index is 0. The molecule has 7 heteroatoms. The molecule has 1 aliphatic heterocycles. The van der Waals surface area contributed by atoms with Gasteiger partial charge >= 0.3 is 5.69 Å². The van der Waals surface area contributed by atoms with Crippen molar-refractivity contribution in [1.82, 2.24) is 9.97 Å². The summed E-state index contributed by atoms with van der Waals surface area (Å²) in [5.74, 6) is 0. The smallest absolute Gasteiger partial charge is 0.325 e. The van der Waals surface area contributed by atoms with E-state index < -0.39 is 5.69 Å². The van der Waals surface area contributed by atoms with Gasteiger partial charge in [0.15, 0.2) is 0 Å². The molecule has 0 radical (unpaired) electrons. The second-order valence-corrected chi connectivity index (χ2v) is 3.85. The standard InChI is InChI=1S/C9H13N3O3.ClH/c13-4-5-1-2-7(11-5)6-3-10-9(15)12-8(6)14;/h3,5,7,11,13H,1-2,4H2,(H2,10,12,14,15);1H/t5-,7+;/m0./s1. The fraction of sp³-hybridized carbons (Fsp3) is 0.556. The number of rotatable bonds is 2. The number of halogens is 1. The third-order valence-electron chi connectivity index (χ3n) is 2.83. The molecule has 0 aliphatic carbocycles. The maximum atomic E-state index is 11.5. The summed E-state index contributed by atoms with van der Waals surface area (Å²) in [6.07, 6.45) is 3.20. The second kappa shape index (κ2) is 5.29. The Kier molecular flexibility index (Phi) is 4.28. The Morgan fingerprint density at radius 1 is 1.44 bits per heavy atom. The summed E-state index contributed by atoms with van der Waals surface area (Å²) in [7, 11) is 0. The van der Waals surface area contributed by atoms with E-state index in [2.05, 4.69) is 9.97 Å². The van der Waals surface area contributed by atoms with Gasteiger partial charge < -0.3 is 27.8 Å². The van der Waals surface area contributed by atoms with Crippen LogP contribution in [-0.2, 0) is 0 Å². The van der Waals surface area contributed by atoms with Crippen LogP contribution in [0.1, 0.15) is 24.4 Å². The molecule has 1 fully saturated rings. The fourth-order valence-electron chi connectivity index (χ4n) is 2.02. The van der Waals surface area contributed by atoms with Gasteiger partial charge in [-0.25, -0.2) is 4.79 Å². The molecule has 0 spiro atoms. The van der Waals surface area contributed by atoms with E-state index in [0.29, 0.717) is 5.56 Å². The monoisotopic (exact) mass is 247 g/mol. The molecule has 1 aromatic rings. The van der Waals surface area contributed by atoms with Crippen molar-refractivity contribution in [3.8, 4) is 0 Å². The molecule has 0 saturated carbocycles. The topological polar surface area (TPSA) is 103 Å². The molecule has 1 saturated heterocycles. The van der Waals surface area contributed by atoms with Gasteiger partial charge in [0.25, 0.3) is 5.56 Å². The van der Waals surface area contributed by atoms with E-state index in [1.54, 1.807) is 0 Å². The van der Waals surface area contributed by atoms with E-state index in [0.717, 1.165) is 12.8 Å².